The standard InChI is InChI=1S/C19H16N6OS/c1-25-9-8-22-17(25)14-4-2-3-5-15(14)18(26)23-10-13-12-27-19(24-13)16-11-20-6-7-21-16/h2-9,11-12H,10H2,1H3,(H,23,26). The molecule has 1 aromatic carbocycles. The molecular weight excluding hydrogens is 360 g/mol. The number of hydrogen-bond donors (Lipinski definition) is 1. The van der Waals surface area contributed by atoms with Crippen LogP contribution in [0.5, 0.6) is 0 Å². The lowest BCUT2D eigenvalue weighted by atomic mass is 10.1. The molecule has 0 aliphatic rings. The van der Waals surface area contributed by atoms with Gasteiger partial charge in [0.25, 0.3) is 5.91 Å². The predicted molar refractivity (Wildman–Crippen MR) is 103 cm³/mol. The molecule has 1 N–H and O–H groups in total. The molecule has 0 unspecified atom stereocenters. The Bertz CT molecular complexity index is 1070. The van der Waals surface area contributed by atoms with Crippen LogP contribution in [0.2, 0.25) is 0 Å². The summed E-state index contributed by atoms with van der Waals surface area (Å²) >= 11 is 1.48. The quantitative estimate of drug-likeness (QED) is 0.579. The van der Waals surface area contributed by atoms with E-state index in [0.717, 1.165) is 27.8 Å². The second kappa shape index (κ2) is 7.46. The van der Waals surface area contributed by atoms with Gasteiger partial charge in [0.2, 0.25) is 0 Å². The number of carbonyl (C=O) groups is 1. The molecule has 0 aliphatic heterocycles. The molecule has 7 nitrogen and oxygen atoms in total. The maximum atomic E-state index is 12.7. The first-order valence-corrected chi connectivity index (χ1v) is 9.16. The number of amides is 1. The molecule has 1 amide bonds. The smallest absolute Gasteiger partial charge is 0.252 e. The van der Waals surface area contributed by atoms with E-state index in [1.165, 1.54) is 11.3 Å². The zero-order valence-corrected chi connectivity index (χ0v) is 15.3. The normalized spacial score (nSPS) is 10.7. The maximum Gasteiger partial charge on any atom is 0.252 e. The molecule has 134 valence electrons. The molecule has 0 bridgehead atoms. The third-order valence-corrected chi connectivity index (χ3v) is 4.91. The molecule has 4 aromatic rings. The number of benzene rings is 1. The number of aryl methyl sites for hydroxylation is 1. The Kier molecular flexibility index (Phi) is 4.71. The number of aromatic nitrogens is 5. The van der Waals surface area contributed by atoms with Gasteiger partial charge in [0.1, 0.15) is 16.5 Å². The van der Waals surface area contributed by atoms with E-state index >= 15 is 0 Å². The van der Waals surface area contributed by atoms with E-state index in [0.29, 0.717) is 12.1 Å². The highest BCUT2D eigenvalue weighted by Gasteiger charge is 2.15. The van der Waals surface area contributed by atoms with Crippen LogP contribution in [0.3, 0.4) is 0 Å². The second-order valence-electron chi connectivity index (χ2n) is 5.82. The minimum absolute atomic E-state index is 0.164. The van der Waals surface area contributed by atoms with Crippen molar-refractivity contribution in [3.8, 4) is 22.1 Å². The molecule has 0 aliphatic carbocycles. The molecule has 0 radical (unpaired) electrons. The van der Waals surface area contributed by atoms with Gasteiger partial charge in [-0.1, -0.05) is 18.2 Å². The van der Waals surface area contributed by atoms with Crippen LogP contribution in [0.1, 0.15) is 16.1 Å². The molecule has 0 saturated heterocycles. The fraction of sp³-hybridized carbons (Fsp3) is 0.105. The lowest BCUT2D eigenvalue weighted by Crippen LogP contribution is -2.23. The number of hydrogen-bond acceptors (Lipinski definition) is 6. The molecule has 3 heterocycles. The van der Waals surface area contributed by atoms with Crippen LogP contribution in [0.4, 0.5) is 0 Å². The van der Waals surface area contributed by atoms with Crippen molar-refractivity contribution in [1.29, 1.82) is 0 Å². The van der Waals surface area contributed by atoms with Gasteiger partial charge < -0.3 is 9.88 Å². The lowest BCUT2D eigenvalue weighted by Gasteiger charge is -2.09. The number of nitrogens with zero attached hydrogens (tertiary/aromatic N) is 5. The van der Waals surface area contributed by atoms with E-state index in [1.807, 2.05) is 41.4 Å². The molecule has 4 rings (SSSR count). The topological polar surface area (TPSA) is 85.6 Å². The van der Waals surface area contributed by atoms with Gasteiger partial charge in [-0.2, -0.15) is 0 Å². The first-order valence-electron chi connectivity index (χ1n) is 8.28. The Balaban J connectivity index is 1.50. The van der Waals surface area contributed by atoms with Gasteiger partial charge in [-0.3, -0.25) is 14.8 Å². The summed E-state index contributed by atoms with van der Waals surface area (Å²) in [5, 5.41) is 5.62. The molecule has 0 saturated carbocycles. The van der Waals surface area contributed by atoms with Crippen LogP contribution < -0.4 is 5.32 Å². The van der Waals surface area contributed by atoms with Crippen molar-refractivity contribution in [1.82, 2.24) is 29.8 Å². The van der Waals surface area contributed by atoms with Gasteiger partial charge >= 0.3 is 0 Å². The molecule has 8 heteroatoms. The highest BCUT2D eigenvalue weighted by molar-refractivity contribution is 7.13. The van der Waals surface area contributed by atoms with Gasteiger partial charge in [-0.15, -0.1) is 11.3 Å². The monoisotopic (exact) mass is 376 g/mol. The van der Waals surface area contributed by atoms with Crippen LogP contribution in [-0.4, -0.2) is 30.4 Å². The summed E-state index contributed by atoms with van der Waals surface area (Å²) in [6.45, 7) is 0.338. The first-order chi connectivity index (χ1) is 13.2. The van der Waals surface area contributed by atoms with Crippen LogP contribution >= 0.6 is 11.3 Å². The molecule has 0 atom stereocenters. The number of carbonyl (C=O) groups excluding carboxylic acids is 1. The molecule has 0 spiro atoms. The van der Waals surface area contributed by atoms with Gasteiger partial charge in [0, 0.05) is 42.8 Å². The average Bonchev–Trinajstić information content (AvgIpc) is 3.36. The van der Waals surface area contributed by atoms with E-state index in [1.54, 1.807) is 30.9 Å². The Hall–Kier alpha value is -3.39. The zero-order chi connectivity index (χ0) is 18.6. The fourth-order valence-electron chi connectivity index (χ4n) is 2.68. The summed E-state index contributed by atoms with van der Waals surface area (Å²) in [6, 6.07) is 7.43. The Morgan fingerprint density at radius 2 is 2.07 bits per heavy atom. The maximum absolute atomic E-state index is 12.7. The molecular formula is C19H16N6OS. The van der Waals surface area contributed by atoms with Gasteiger partial charge in [-0.25, -0.2) is 9.97 Å². The lowest BCUT2D eigenvalue weighted by molar-refractivity contribution is 0.0951. The van der Waals surface area contributed by atoms with Crippen molar-refractivity contribution in [2.45, 2.75) is 6.54 Å². The van der Waals surface area contributed by atoms with Gasteiger partial charge in [0.05, 0.1) is 24.0 Å². The largest absolute Gasteiger partial charge is 0.346 e. The summed E-state index contributed by atoms with van der Waals surface area (Å²) < 4.78 is 1.89. The van der Waals surface area contributed by atoms with E-state index < -0.39 is 0 Å². The number of nitrogens with one attached hydrogen (secondary N) is 1. The van der Waals surface area contributed by atoms with Crippen molar-refractivity contribution >= 4 is 17.2 Å². The van der Waals surface area contributed by atoms with Gasteiger partial charge in [0.15, 0.2) is 0 Å². The van der Waals surface area contributed by atoms with Crippen molar-refractivity contribution in [2.24, 2.45) is 7.05 Å². The highest BCUT2D eigenvalue weighted by Crippen LogP contribution is 2.23. The zero-order valence-electron chi connectivity index (χ0n) is 14.5. The first kappa shape index (κ1) is 17.0. The Labute approximate surface area is 159 Å². The summed E-state index contributed by atoms with van der Waals surface area (Å²) in [7, 11) is 1.90. The van der Waals surface area contributed by atoms with Crippen molar-refractivity contribution in [2.75, 3.05) is 0 Å². The van der Waals surface area contributed by atoms with E-state index in [9.17, 15) is 4.79 Å². The summed E-state index contributed by atoms with van der Waals surface area (Å²) in [5.41, 5.74) is 2.88. The Morgan fingerprint density at radius 1 is 1.19 bits per heavy atom. The third kappa shape index (κ3) is 3.61. The SMILES string of the molecule is Cn1ccnc1-c1ccccc1C(=O)NCc1csc(-c2cnccn2)n1. The summed E-state index contributed by atoms with van der Waals surface area (Å²) in [6.07, 6.45) is 8.49. The molecule has 0 fully saturated rings. The van der Waals surface area contributed by atoms with Crippen LogP contribution in [0.25, 0.3) is 22.1 Å². The summed E-state index contributed by atoms with van der Waals surface area (Å²) in [4.78, 5) is 29.9. The van der Waals surface area contributed by atoms with Crippen LogP contribution in [0.15, 0.2) is 60.6 Å². The molecule has 27 heavy (non-hydrogen) atoms. The third-order valence-electron chi connectivity index (χ3n) is 4.00. The highest BCUT2D eigenvalue weighted by atomic mass is 32.1. The summed E-state index contributed by atoms with van der Waals surface area (Å²) in [5.74, 6) is 0.585. The molecule has 3 aromatic heterocycles. The van der Waals surface area contributed by atoms with E-state index in [-0.39, 0.29) is 5.91 Å². The number of thiazole rings is 1. The Morgan fingerprint density at radius 3 is 2.85 bits per heavy atom. The number of imidazole rings is 1. The van der Waals surface area contributed by atoms with Crippen molar-refractivity contribution < 1.29 is 4.79 Å². The van der Waals surface area contributed by atoms with Crippen molar-refractivity contribution in [3.05, 3.63) is 71.9 Å². The predicted octanol–water partition coefficient (Wildman–Crippen LogP) is 2.93. The second-order valence-corrected chi connectivity index (χ2v) is 6.68. The van der Waals surface area contributed by atoms with E-state index in [4.69, 9.17) is 0 Å². The fourth-order valence-corrected chi connectivity index (χ4v) is 3.46. The van der Waals surface area contributed by atoms with Crippen molar-refractivity contribution in [3.63, 3.8) is 0 Å². The minimum Gasteiger partial charge on any atom is -0.346 e. The van der Waals surface area contributed by atoms with Crippen LogP contribution in [-0.2, 0) is 13.6 Å². The van der Waals surface area contributed by atoms with Gasteiger partial charge in [-0.05, 0) is 6.07 Å². The average molecular weight is 376 g/mol. The van der Waals surface area contributed by atoms with E-state index in [2.05, 4.69) is 25.3 Å². The number of rotatable bonds is 5. The van der Waals surface area contributed by atoms with Crippen LogP contribution in [0, 0.1) is 0 Å². The minimum atomic E-state index is -0.164.